The van der Waals surface area contributed by atoms with Gasteiger partial charge in [-0.1, -0.05) is 51.4 Å². The first kappa shape index (κ1) is 14.8. The van der Waals surface area contributed by atoms with Gasteiger partial charge in [0.15, 0.2) is 0 Å². The molecule has 0 atom stereocenters. The highest BCUT2D eigenvalue weighted by molar-refractivity contribution is 7.81. The summed E-state index contributed by atoms with van der Waals surface area (Å²) in [7, 11) is 0. The molecule has 1 saturated carbocycles. The first-order valence-corrected chi connectivity index (χ1v) is 8.18. The van der Waals surface area contributed by atoms with Crippen molar-refractivity contribution in [3.05, 3.63) is 0 Å². The number of hydrogen-bond donors (Lipinski definition) is 2. The Bertz CT molecular complexity index is 125. The van der Waals surface area contributed by atoms with Gasteiger partial charge in [-0.2, -0.15) is 25.3 Å². The Labute approximate surface area is 113 Å². The smallest absolute Gasteiger partial charge is 0.00168 e. The van der Waals surface area contributed by atoms with Gasteiger partial charge in [-0.25, -0.2) is 0 Å². The van der Waals surface area contributed by atoms with Crippen molar-refractivity contribution in [2.45, 2.75) is 87.5 Å². The molecule has 1 aliphatic carbocycles. The molecule has 0 nitrogen and oxygen atoms in total. The van der Waals surface area contributed by atoms with Gasteiger partial charge in [0.25, 0.3) is 0 Å². The molecule has 0 bridgehead atoms. The Morgan fingerprint density at radius 3 is 0.938 bits per heavy atom. The lowest BCUT2D eigenvalue weighted by molar-refractivity contribution is 0.516. The molecule has 1 rings (SSSR count). The van der Waals surface area contributed by atoms with Gasteiger partial charge in [0.2, 0.25) is 0 Å². The van der Waals surface area contributed by atoms with E-state index in [0.717, 1.165) is 0 Å². The maximum absolute atomic E-state index is 4.67. The van der Waals surface area contributed by atoms with Crippen molar-refractivity contribution in [2.24, 2.45) is 0 Å². The van der Waals surface area contributed by atoms with E-state index < -0.39 is 0 Å². The summed E-state index contributed by atoms with van der Waals surface area (Å²) in [5.41, 5.74) is 0. The molecular formula is C14H28S2. The van der Waals surface area contributed by atoms with Gasteiger partial charge in [0, 0.05) is 10.5 Å². The zero-order chi connectivity index (χ0) is 11.6. The van der Waals surface area contributed by atoms with Gasteiger partial charge < -0.3 is 0 Å². The van der Waals surface area contributed by atoms with Crippen molar-refractivity contribution in [3.63, 3.8) is 0 Å². The molecule has 0 saturated heterocycles. The van der Waals surface area contributed by atoms with Crippen LogP contribution in [0.25, 0.3) is 0 Å². The zero-order valence-electron chi connectivity index (χ0n) is 10.5. The van der Waals surface area contributed by atoms with Crippen LogP contribution in [0.2, 0.25) is 0 Å². The van der Waals surface area contributed by atoms with Gasteiger partial charge >= 0.3 is 0 Å². The summed E-state index contributed by atoms with van der Waals surface area (Å²) in [4.78, 5) is 0. The fourth-order valence-corrected chi connectivity index (χ4v) is 3.25. The number of thiol groups is 2. The van der Waals surface area contributed by atoms with Crippen molar-refractivity contribution in [2.75, 3.05) is 0 Å². The molecule has 0 aliphatic heterocycles. The number of rotatable bonds is 0. The minimum Gasteiger partial charge on any atom is -0.176 e. The average Bonchev–Trinajstić information content (AvgIpc) is 2.27. The molecule has 0 heterocycles. The second-order valence-corrected chi connectivity index (χ2v) is 6.75. The van der Waals surface area contributed by atoms with E-state index in [1.807, 2.05) is 0 Å². The fraction of sp³-hybridized carbons (Fsp3) is 1.00. The fourth-order valence-electron chi connectivity index (χ4n) is 2.52. The summed E-state index contributed by atoms with van der Waals surface area (Å²) in [6.45, 7) is 0. The van der Waals surface area contributed by atoms with Crippen LogP contribution < -0.4 is 0 Å². The topological polar surface area (TPSA) is 0 Å². The van der Waals surface area contributed by atoms with Crippen molar-refractivity contribution in [1.29, 1.82) is 0 Å². The molecule has 0 radical (unpaired) electrons. The zero-order valence-corrected chi connectivity index (χ0v) is 12.3. The quantitative estimate of drug-likeness (QED) is 0.544. The summed E-state index contributed by atoms with van der Waals surface area (Å²) in [6, 6.07) is 0. The maximum Gasteiger partial charge on any atom is 0.00168 e. The lowest BCUT2D eigenvalue weighted by Crippen LogP contribution is -2.02. The molecule has 0 spiro atoms. The molecule has 2 heteroatoms. The third-order valence-electron chi connectivity index (χ3n) is 3.65. The molecule has 0 aromatic rings. The predicted molar refractivity (Wildman–Crippen MR) is 81.0 cm³/mol. The summed E-state index contributed by atoms with van der Waals surface area (Å²) < 4.78 is 0. The van der Waals surface area contributed by atoms with Crippen LogP contribution in [0.3, 0.4) is 0 Å². The van der Waals surface area contributed by atoms with Crippen LogP contribution in [0.15, 0.2) is 0 Å². The van der Waals surface area contributed by atoms with Gasteiger partial charge in [0.05, 0.1) is 0 Å². The van der Waals surface area contributed by atoms with Gasteiger partial charge in [-0.3, -0.25) is 0 Å². The normalized spacial score (nSPS) is 31.9. The van der Waals surface area contributed by atoms with E-state index in [0.29, 0.717) is 10.5 Å². The van der Waals surface area contributed by atoms with E-state index in [4.69, 9.17) is 0 Å². The Balaban J connectivity index is 2.18. The first-order valence-electron chi connectivity index (χ1n) is 7.15. The molecule has 96 valence electrons. The third-order valence-corrected chi connectivity index (χ3v) is 4.68. The molecule has 0 aromatic heterocycles. The summed E-state index contributed by atoms with van der Waals surface area (Å²) in [6.07, 6.45) is 16.4. The first-order chi connectivity index (χ1) is 7.79. The summed E-state index contributed by atoms with van der Waals surface area (Å²) in [5.74, 6) is 0. The van der Waals surface area contributed by atoms with Crippen molar-refractivity contribution >= 4 is 25.3 Å². The molecule has 0 amide bonds. The van der Waals surface area contributed by atoms with Crippen LogP contribution in [0.4, 0.5) is 0 Å². The molecule has 16 heavy (non-hydrogen) atoms. The van der Waals surface area contributed by atoms with Crippen molar-refractivity contribution in [3.8, 4) is 0 Å². The van der Waals surface area contributed by atoms with E-state index in [1.54, 1.807) is 0 Å². The highest BCUT2D eigenvalue weighted by Crippen LogP contribution is 2.21. The van der Waals surface area contributed by atoms with E-state index in [1.165, 1.54) is 77.0 Å². The molecule has 0 N–H and O–H groups in total. The van der Waals surface area contributed by atoms with Gasteiger partial charge in [-0.05, 0) is 25.7 Å². The van der Waals surface area contributed by atoms with Crippen LogP contribution >= 0.6 is 25.3 Å². The average molecular weight is 261 g/mol. The summed E-state index contributed by atoms with van der Waals surface area (Å²) >= 11 is 9.35. The predicted octanol–water partition coefficient (Wildman–Crippen LogP) is 5.28. The van der Waals surface area contributed by atoms with Crippen molar-refractivity contribution < 1.29 is 0 Å². The van der Waals surface area contributed by atoms with E-state index in [9.17, 15) is 0 Å². The van der Waals surface area contributed by atoms with Gasteiger partial charge in [0.1, 0.15) is 0 Å². The van der Waals surface area contributed by atoms with E-state index in [-0.39, 0.29) is 0 Å². The van der Waals surface area contributed by atoms with Crippen LogP contribution in [0, 0.1) is 0 Å². The summed E-state index contributed by atoms with van der Waals surface area (Å²) in [5, 5.41) is 1.33. The van der Waals surface area contributed by atoms with E-state index >= 15 is 0 Å². The Hall–Kier alpha value is 0.700. The standard InChI is InChI=1S/C14H28S2/c15-13-9-5-1-2-6-10-14(16)12-8-4-3-7-11-13/h13-16H,1-12H2. The van der Waals surface area contributed by atoms with Crippen LogP contribution in [-0.4, -0.2) is 10.5 Å². The monoisotopic (exact) mass is 260 g/mol. The molecule has 1 aliphatic rings. The Kier molecular flexibility index (Phi) is 8.95. The second kappa shape index (κ2) is 9.70. The van der Waals surface area contributed by atoms with Crippen molar-refractivity contribution in [1.82, 2.24) is 0 Å². The SMILES string of the molecule is SC1CCCCCCC(S)CCCCCC1. The minimum absolute atomic E-state index is 0.667. The third kappa shape index (κ3) is 7.89. The second-order valence-electron chi connectivity index (χ2n) is 5.29. The van der Waals surface area contributed by atoms with Gasteiger partial charge in [-0.15, -0.1) is 0 Å². The minimum atomic E-state index is 0.667. The Morgan fingerprint density at radius 2 is 0.688 bits per heavy atom. The maximum atomic E-state index is 4.67. The van der Waals surface area contributed by atoms with Crippen LogP contribution in [-0.2, 0) is 0 Å². The Morgan fingerprint density at radius 1 is 0.438 bits per heavy atom. The number of hydrogen-bond acceptors (Lipinski definition) is 2. The lowest BCUT2D eigenvalue weighted by Gasteiger charge is -2.13. The van der Waals surface area contributed by atoms with Crippen LogP contribution in [0.5, 0.6) is 0 Å². The molecule has 0 aromatic carbocycles. The highest BCUT2D eigenvalue weighted by atomic mass is 32.1. The lowest BCUT2D eigenvalue weighted by atomic mass is 10.0. The molecule has 1 fully saturated rings. The van der Waals surface area contributed by atoms with E-state index in [2.05, 4.69) is 25.3 Å². The molecule has 0 unspecified atom stereocenters. The largest absolute Gasteiger partial charge is 0.176 e. The van der Waals surface area contributed by atoms with Crippen LogP contribution in [0.1, 0.15) is 77.0 Å². The highest BCUT2D eigenvalue weighted by Gasteiger charge is 2.06. The molecular weight excluding hydrogens is 232 g/mol.